The molecule has 0 saturated carbocycles. The van der Waals surface area contributed by atoms with E-state index in [0.717, 1.165) is 4.90 Å². The van der Waals surface area contributed by atoms with Gasteiger partial charge >= 0.3 is 5.97 Å². The SMILES string of the molecule is O=C(COC(=O)c1ccc2c(c1)C(=O)N(Cc1ccco1)C2=O)c1ccccc1. The van der Waals surface area contributed by atoms with Gasteiger partial charge in [0.15, 0.2) is 12.4 Å². The van der Waals surface area contributed by atoms with Crippen LogP contribution in [0.5, 0.6) is 0 Å². The van der Waals surface area contributed by atoms with E-state index in [1.54, 1.807) is 42.5 Å². The molecule has 0 radical (unpaired) electrons. The van der Waals surface area contributed by atoms with E-state index in [-0.39, 0.29) is 29.0 Å². The highest BCUT2D eigenvalue weighted by atomic mass is 16.5. The molecule has 2 aromatic carbocycles. The molecule has 0 aliphatic carbocycles. The first kappa shape index (κ1) is 18.4. The minimum atomic E-state index is -0.748. The smallest absolute Gasteiger partial charge is 0.338 e. The van der Waals surface area contributed by atoms with Crippen LogP contribution in [0.4, 0.5) is 0 Å². The number of nitrogens with zero attached hydrogens (tertiary/aromatic N) is 1. The number of ketones is 1. The maximum atomic E-state index is 12.6. The second kappa shape index (κ2) is 7.55. The van der Waals surface area contributed by atoms with E-state index in [2.05, 4.69) is 0 Å². The Morgan fingerprint density at radius 3 is 2.34 bits per heavy atom. The van der Waals surface area contributed by atoms with E-state index in [9.17, 15) is 19.2 Å². The normalized spacial score (nSPS) is 12.8. The number of rotatable bonds is 6. The number of benzene rings is 2. The molecule has 0 unspecified atom stereocenters. The minimum Gasteiger partial charge on any atom is -0.467 e. The monoisotopic (exact) mass is 389 g/mol. The average Bonchev–Trinajstić information content (AvgIpc) is 3.35. The van der Waals surface area contributed by atoms with E-state index in [0.29, 0.717) is 11.3 Å². The molecule has 4 rings (SSSR count). The number of amides is 2. The molecule has 2 amide bonds. The molecule has 2 heterocycles. The van der Waals surface area contributed by atoms with Crippen LogP contribution in [0.3, 0.4) is 0 Å². The van der Waals surface area contributed by atoms with E-state index in [1.807, 2.05) is 0 Å². The fourth-order valence-corrected chi connectivity index (χ4v) is 3.04. The molecular weight excluding hydrogens is 374 g/mol. The zero-order valence-electron chi connectivity index (χ0n) is 15.2. The number of imide groups is 1. The Morgan fingerprint density at radius 2 is 1.62 bits per heavy atom. The molecule has 1 aromatic heterocycles. The van der Waals surface area contributed by atoms with Crippen LogP contribution in [0, 0.1) is 0 Å². The second-order valence-corrected chi connectivity index (χ2v) is 6.40. The molecule has 0 fully saturated rings. The Morgan fingerprint density at radius 1 is 0.862 bits per heavy atom. The number of fused-ring (bicyclic) bond motifs is 1. The standard InChI is InChI=1S/C22H15NO6/c24-19(14-5-2-1-3-6-14)13-29-22(27)15-8-9-17-18(11-15)21(26)23(20(17)25)12-16-7-4-10-28-16/h1-11H,12-13H2. The first-order valence-corrected chi connectivity index (χ1v) is 8.82. The van der Waals surface area contributed by atoms with Crippen LogP contribution < -0.4 is 0 Å². The highest BCUT2D eigenvalue weighted by Gasteiger charge is 2.36. The number of esters is 1. The summed E-state index contributed by atoms with van der Waals surface area (Å²) in [6.07, 6.45) is 1.46. The van der Waals surface area contributed by atoms with Gasteiger partial charge in [-0.05, 0) is 30.3 Å². The first-order valence-electron chi connectivity index (χ1n) is 8.82. The van der Waals surface area contributed by atoms with Gasteiger partial charge in [-0.3, -0.25) is 19.3 Å². The van der Waals surface area contributed by atoms with Crippen LogP contribution in [0.2, 0.25) is 0 Å². The van der Waals surface area contributed by atoms with Crippen molar-refractivity contribution in [1.29, 1.82) is 0 Å². The number of furan rings is 1. The van der Waals surface area contributed by atoms with Crippen molar-refractivity contribution in [1.82, 2.24) is 4.90 Å². The number of Topliss-reactive ketones (excluding diaryl/α,β-unsaturated/α-hetero) is 1. The minimum absolute atomic E-state index is 0.00467. The van der Waals surface area contributed by atoms with Gasteiger partial charge in [0.25, 0.3) is 11.8 Å². The van der Waals surface area contributed by atoms with E-state index in [1.165, 1.54) is 24.5 Å². The summed E-state index contributed by atoms with van der Waals surface area (Å²) in [7, 11) is 0. The zero-order valence-corrected chi connectivity index (χ0v) is 15.2. The van der Waals surface area contributed by atoms with Crippen LogP contribution in [-0.4, -0.2) is 35.1 Å². The van der Waals surface area contributed by atoms with Gasteiger partial charge in [0, 0.05) is 5.56 Å². The van der Waals surface area contributed by atoms with Gasteiger partial charge in [0.1, 0.15) is 5.76 Å². The maximum absolute atomic E-state index is 12.6. The van der Waals surface area contributed by atoms with Crippen molar-refractivity contribution < 1.29 is 28.3 Å². The van der Waals surface area contributed by atoms with Crippen LogP contribution in [0.25, 0.3) is 0 Å². The van der Waals surface area contributed by atoms with Crippen LogP contribution in [0.1, 0.15) is 47.2 Å². The molecule has 0 saturated heterocycles. The molecular formula is C22H15NO6. The van der Waals surface area contributed by atoms with Crippen LogP contribution in [0.15, 0.2) is 71.3 Å². The number of hydrogen-bond acceptors (Lipinski definition) is 6. The summed E-state index contributed by atoms with van der Waals surface area (Å²) >= 11 is 0. The third kappa shape index (κ3) is 3.58. The van der Waals surface area contributed by atoms with Gasteiger partial charge < -0.3 is 9.15 Å². The maximum Gasteiger partial charge on any atom is 0.338 e. The second-order valence-electron chi connectivity index (χ2n) is 6.40. The summed E-state index contributed by atoms with van der Waals surface area (Å²) in [5, 5.41) is 0. The molecule has 1 aliphatic rings. The van der Waals surface area contributed by atoms with Crippen molar-refractivity contribution in [2.24, 2.45) is 0 Å². The summed E-state index contributed by atoms with van der Waals surface area (Å²) < 4.78 is 10.3. The molecule has 1 aliphatic heterocycles. The van der Waals surface area contributed by atoms with Crippen molar-refractivity contribution in [3.8, 4) is 0 Å². The van der Waals surface area contributed by atoms with Gasteiger partial charge in [0.05, 0.1) is 29.5 Å². The lowest BCUT2D eigenvalue weighted by atomic mass is 10.1. The summed E-state index contributed by atoms with van der Waals surface area (Å²) in [5.74, 6) is -1.59. The van der Waals surface area contributed by atoms with Crippen LogP contribution >= 0.6 is 0 Å². The summed E-state index contributed by atoms with van der Waals surface area (Å²) in [4.78, 5) is 50.5. The highest BCUT2D eigenvalue weighted by Crippen LogP contribution is 2.26. The lowest BCUT2D eigenvalue weighted by Gasteiger charge is -2.11. The molecule has 29 heavy (non-hydrogen) atoms. The van der Waals surface area contributed by atoms with Crippen molar-refractivity contribution in [3.63, 3.8) is 0 Å². The number of ether oxygens (including phenoxy) is 1. The van der Waals surface area contributed by atoms with Crippen LogP contribution in [-0.2, 0) is 11.3 Å². The molecule has 0 bridgehead atoms. The Balaban J connectivity index is 1.47. The Kier molecular flexibility index (Phi) is 4.78. The number of carbonyl (C=O) groups excluding carboxylic acids is 4. The van der Waals surface area contributed by atoms with Crippen molar-refractivity contribution in [2.75, 3.05) is 6.61 Å². The third-order valence-corrected chi connectivity index (χ3v) is 4.53. The number of hydrogen-bond donors (Lipinski definition) is 0. The number of carbonyl (C=O) groups is 4. The molecule has 7 heteroatoms. The Hall–Kier alpha value is -4.00. The zero-order chi connectivity index (χ0) is 20.4. The molecule has 144 valence electrons. The predicted molar refractivity (Wildman–Crippen MR) is 100 cm³/mol. The summed E-state index contributed by atoms with van der Waals surface area (Å²) in [6, 6.07) is 15.9. The molecule has 7 nitrogen and oxygen atoms in total. The highest BCUT2D eigenvalue weighted by molar-refractivity contribution is 6.21. The van der Waals surface area contributed by atoms with E-state index in [4.69, 9.17) is 9.15 Å². The van der Waals surface area contributed by atoms with Gasteiger partial charge in [-0.2, -0.15) is 0 Å². The van der Waals surface area contributed by atoms with Crippen molar-refractivity contribution in [3.05, 3.63) is 94.9 Å². The van der Waals surface area contributed by atoms with Gasteiger partial charge in [-0.15, -0.1) is 0 Å². The Bertz CT molecular complexity index is 1100. The fourth-order valence-electron chi connectivity index (χ4n) is 3.04. The third-order valence-electron chi connectivity index (χ3n) is 4.53. The molecule has 0 N–H and O–H groups in total. The molecule has 0 spiro atoms. The summed E-state index contributed by atoms with van der Waals surface area (Å²) in [6.45, 7) is -0.415. The lowest BCUT2D eigenvalue weighted by molar-refractivity contribution is 0.0474. The van der Waals surface area contributed by atoms with Gasteiger partial charge in [0.2, 0.25) is 0 Å². The predicted octanol–water partition coefficient (Wildman–Crippen LogP) is 3.12. The molecule has 0 atom stereocenters. The fraction of sp³-hybridized carbons (Fsp3) is 0.0909. The lowest BCUT2D eigenvalue weighted by Crippen LogP contribution is -2.28. The Labute approximate surface area is 165 Å². The molecule has 3 aromatic rings. The quantitative estimate of drug-likeness (QED) is 0.365. The van der Waals surface area contributed by atoms with Crippen molar-refractivity contribution >= 4 is 23.6 Å². The largest absolute Gasteiger partial charge is 0.467 e. The van der Waals surface area contributed by atoms with Gasteiger partial charge in [-0.1, -0.05) is 30.3 Å². The van der Waals surface area contributed by atoms with Gasteiger partial charge in [-0.25, -0.2) is 4.79 Å². The summed E-state index contributed by atoms with van der Waals surface area (Å²) in [5.41, 5.74) is 0.845. The average molecular weight is 389 g/mol. The van der Waals surface area contributed by atoms with E-state index >= 15 is 0 Å². The topological polar surface area (TPSA) is 93.9 Å². The van der Waals surface area contributed by atoms with Crippen molar-refractivity contribution in [2.45, 2.75) is 6.54 Å². The van der Waals surface area contributed by atoms with E-state index < -0.39 is 24.4 Å². The first-order chi connectivity index (χ1) is 14.0.